The number of halogens is 3. The third kappa shape index (κ3) is 6.67. The molecule has 0 fully saturated rings. The number of esters is 1. The number of allylic oxidation sites excluding steroid dienone is 1. The number of guanidine groups is 1. The lowest BCUT2D eigenvalue weighted by molar-refractivity contribution is -0.138. The van der Waals surface area contributed by atoms with E-state index in [1.54, 1.807) is 12.1 Å². The third-order valence-electron chi connectivity index (χ3n) is 6.60. The monoisotopic (exact) mass is 572 g/mol. The lowest BCUT2D eigenvalue weighted by atomic mass is 9.88. The van der Waals surface area contributed by atoms with Crippen molar-refractivity contribution in [2.75, 3.05) is 38.8 Å². The second kappa shape index (κ2) is 12.8. The molecule has 218 valence electrons. The van der Waals surface area contributed by atoms with E-state index in [0.717, 1.165) is 35.1 Å². The molecule has 0 spiro atoms. The number of ether oxygens (including phenoxy) is 2. The first-order valence-electron chi connectivity index (χ1n) is 12.6. The number of likely N-dealkylation sites (N-methyl/N-ethyl adjacent to an activating group) is 1. The molecule has 1 heterocycles. The van der Waals surface area contributed by atoms with Gasteiger partial charge in [0.05, 0.1) is 36.5 Å². The van der Waals surface area contributed by atoms with Crippen LogP contribution in [0.5, 0.6) is 0 Å². The normalized spacial score (nSPS) is 15.8. The summed E-state index contributed by atoms with van der Waals surface area (Å²) in [4.78, 5) is 29.9. The predicted octanol–water partition coefficient (Wildman–Crippen LogP) is 4.37. The van der Waals surface area contributed by atoms with Gasteiger partial charge in [-0.05, 0) is 62.4 Å². The maximum Gasteiger partial charge on any atom is 0.416 e. The third-order valence-corrected chi connectivity index (χ3v) is 6.60. The van der Waals surface area contributed by atoms with Gasteiger partial charge in [-0.25, -0.2) is 9.59 Å². The molecule has 1 aliphatic rings. The summed E-state index contributed by atoms with van der Waals surface area (Å²) in [6, 6.07) is 8.53. The van der Waals surface area contributed by atoms with Crippen LogP contribution in [0.3, 0.4) is 0 Å². The van der Waals surface area contributed by atoms with E-state index in [2.05, 4.69) is 6.07 Å². The lowest BCUT2D eigenvalue weighted by Gasteiger charge is -2.43. The molecule has 2 aromatic carbocycles. The number of nitrogens with zero attached hydrogens (tertiary/aromatic N) is 4. The van der Waals surface area contributed by atoms with E-state index in [9.17, 15) is 28.0 Å². The van der Waals surface area contributed by atoms with Gasteiger partial charge in [-0.1, -0.05) is 12.1 Å². The molecule has 0 saturated carbocycles. The summed E-state index contributed by atoms with van der Waals surface area (Å²) in [5.74, 6) is -1.43. The fourth-order valence-corrected chi connectivity index (χ4v) is 4.68. The molecule has 3 rings (SSSR count). The first-order chi connectivity index (χ1) is 19.3. The van der Waals surface area contributed by atoms with Crippen LogP contribution in [-0.4, -0.2) is 61.7 Å². The van der Waals surface area contributed by atoms with Gasteiger partial charge in [0, 0.05) is 31.1 Å². The lowest BCUT2D eigenvalue weighted by Crippen LogP contribution is -2.55. The smallest absolute Gasteiger partial charge is 0.416 e. The Morgan fingerprint density at radius 3 is 2.51 bits per heavy atom. The van der Waals surface area contributed by atoms with Crippen LogP contribution in [0.2, 0.25) is 0 Å². The van der Waals surface area contributed by atoms with Gasteiger partial charge in [0.2, 0.25) is 5.96 Å². The maximum atomic E-state index is 13.5. The van der Waals surface area contributed by atoms with Crippen LogP contribution in [0.25, 0.3) is 0 Å². The van der Waals surface area contributed by atoms with Gasteiger partial charge in [0.25, 0.3) is 0 Å². The quantitative estimate of drug-likeness (QED) is 0.336. The number of primary amides is 1. The molecule has 2 aromatic rings. The second-order valence-electron chi connectivity index (χ2n) is 9.27. The number of anilines is 1. The highest BCUT2D eigenvalue weighted by Crippen LogP contribution is 2.42. The Bertz CT molecular complexity index is 1400. The molecule has 13 heteroatoms. The zero-order valence-electron chi connectivity index (χ0n) is 23.1. The van der Waals surface area contributed by atoms with Crippen LogP contribution in [0.15, 0.2) is 53.7 Å². The average Bonchev–Trinajstić information content (AvgIpc) is 2.92. The van der Waals surface area contributed by atoms with Crippen LogP contribution in [-0.2, 0) is 27.0 Å². The van der Waals surface area contributed by atoms with E-state index in [0.29, 0.717) is 36.4 Å². The van der Waals surface area contributed by atoms with Crippen molar-refractivity contribution in [1.29, 1.82) is 10.7 Å². The molecular formula is C28H31F3N6O4. The summed E-state index contributed by atoms with van der Waals surface area (Å²) < 4.78 is 51.0. The highest BCUT2D eigenvalue weighted by atomic mass is 19.4. The minimum absolute atomic E-state index is 0.0729. The molecular weight excluding hydrogens is 541 g/mol. The van der Waals surface area contributed by atoms with E-state index in [-0.39, 0.29) is 23.5 Å². The standard InChI is InChI=1S/C28H31F3N6O4/c1-5-41-12-11-35(3)16-19-13-18(15-32)9-10-22(19)24-23(25(38)40-4)17(2)36(26(33)37(24)27(34)39)21-8-6-7-20(14-21)28(29,30)31/h6-10,13-14,24,33H,5,11-12,16H2,1-4H3,(H2,34,39)/t24-/m1/s1. The first kappa shape index (κ1) is 31.1. The number of hydrogen-bond acceptors (Lipinski definition) is 7. The average molecular weight is 573 g/mol. The Labute approximate surface area is 235 Å². The van der Waals surface area contributed by atoms with Gasteiger partial charge < -0.3 is 15.2 Å². The van der Waals surface area contributed by atoms with Crippen LogP contribution in [0, 0.1) is 16.7 Å². The number of nitrogens with two attached hydrogens (primary N) is 1. The Hall–Kier alpha value is -4.41. The van der Waals surface area contributed by atoms with Crippen LogP contribution in [0.4, 0.5) is 23.7 Å². The molecule has 41 heavy (non-hydrogen) atoms. The van der Waals surface area contributed by atoms with Crippen LogP contribution >= 0.6 is 0 Å². The minimum Gasteiger partial charge on any atom is -0.466 e. The van der Waals surface area contributed by atoms with E-state index in [4.69, 9.17) is 20.6 Å². The largest absolute Gasteiger partial charge is 0.466 e. The number of methoxy groups -OCH3 is 1. The summed E-state index contributed by atoms with van der Waals surface area (Å²) in [5, 5.41) is 18.4. The van der Waals surface area contributed by atoms with Crippen molar-refractivity contribution < 1.29 is 32.2 Å². The number of nitrogens with one attached hydrogen (secondary N) is 1. The highest BCUT2D eigenvalue weighted by molar-refractivity contribution is 6.10. The molecule has 0 bridgehead atoms. The number of urea groups is 1. The van der Waals surface area contributed by atoms with Crippen molar-refractivity contribution >= 4 is 23.6 Å². The molecule has 1 atom stereocenters. The molecule has 2 amide bonds. The Balaban J connectivity index is 2.26. The van der Waals surface area contributed by atoms with Gasteiger partial charge in [0.15, 0.2) is 0 Å². The zero-order chi connectivity index (χ0) is 30.5. The molecule has 0 radical (unpaired) electrons. The van der Waals surface area contributed by atoms with Gasteiger partial charge >= 0.3 is 18.2 Å². The summed E-state index contributed by atoms with van der Waals surface area (Å²) >= 11 is 0. The number of nitriles is 1. The first-order valence-corrected chi connectivity index (χ1v) is 12.6. The van der Waals surface area contributed by atoms with Gasteiger partial charge in [-0.3, -0.25) is 20.1 Å². The zero-order valence-corrected chi connectivity index (χ0v) is 23.1. The fourth-order valence-electron chi connectivity index (χ4n) is 4.68. The molecule has 3 N–H and O–H groups in total. The van der Waals surface area contributed by atoms with Crippen molar-refractivity contribution in [3.63, 3.8) is 0 Å². The molecule has 0 aromatic heterocycles. The number of benzene rings is 2. The number of amides is 2. The van der Waals surface area contributed by atoms with Crippen molar-refractivity contribution in [1.82, 2.24) is 9.80 Å². The van der Waals surface area contributed by atoms with E-state index in [1.165, 1.54) is 19.1 Å². The van der Waals surface area contributed by atoms with Crippen molar-refractivity contribution in [3.8, 4) is 6.07 Å². The molecule has 0 aliphatic carbocycles. The molecule has 10 nitrogen and oxygen atoms in total. The fraction of sp³-hybridized carbons (Fsp3) is 0.357. The summed E-state index contributed by atoms with van der Waals surface area (Å²) in [6.45, 7) is 5.11. The number of carbonyl (C=O) groups excluding carboxylic acids is 2. The van der Waals surface area contributed by atoms with E-state index < -0.39 is 35.7 Å². The van der Waals surface area contributed by atoms with Gasteiger partial charge in [0.1, 0.15) is 6.04 Å². The summed E-state index contributed by atoms with van der Waals surface area (Å²) in [6.07, 6.45) is -4.67. The number of carbonyl (C=O) groups is 2. The van der Waals surface area contributed by atoms with Gasteiger partial charge in [-0.2, -0.15) is 18.4 Å². The summed E-state index contributed by atoms with van der Waals surface area (Å²) in [5.41, 5.74) is 5.90. The van der Waals surface area contributed by atoms with Crippen LogP contribution in [0.1, 0.15) is 42.1 Å². The predicted molar refractivity (Wildman–Crippen MR) is 145 cm³/mol. The van der Waals surface area contributed by atoms with Gasteiger partial charge in [-0.15, -0.1) is 0 Å². The Morgan fingerprint density at radius 1 is 1.22 bits per heavy atom. The summed E-state index contributed by atoms with van der Waals surface area (Å²) in [7, 11) is 2.96. The van der Waals surface area contributed by atoms with E-state index >= 15 is 0 Å². The van der Waals surface area contributed by atoms with Crippen LogP contribution < -0.4 is 10.6 Å². The van der Waals surface area contributed by atoms with Crippen molar-refractivity contribution in [3.05, 3.63) is 76.0 Å². The molecule has 0 unspecified atom stereocenters. The number of hydrogen-bond donors (Lipinski definition) is 2. The molecule has 1 aliphatic heterocycles. The van der Waals surface area contributed by atoms with Crippen molar-refractivity contribution in [2.24, 2.45) is 5.73 Å². The number of rotatable bonds is 9. The van der Waals surface area contributed by atoms with E-state index in [1.807, 2.05) is 18.9 Å². The number of alkyl halides is 3. The molecule has 0 saturated heterocycles. The maximum absolute atomic E-state index is 13.5. The SMILES string of the molecule is CCOCCN(C)Cc1cc(C#N)ccc1[C@@H]1C(C(=O)OC)=C(C)N(c2cccc(C(F)(F)F)c2)C(=N)N1C(N)=O. The Morgan fingerprint density at radius 2 is 1.93 bits per heavy atom. The topological polar surface area (TPSA) is 136 Å². The second-order valence-corrected chi connectivity index (χ2v) is 9.27. The minimum atomic E-state index is -4.67. The van der Waals surface area contributed by atoms with Crippen molar-refractivity contribution in [2.45, 2.75) is 32.6 Å². The Kier molecular flexibility index (Phi) is 9.75. The highest BCUT2D eigenvalue weighted by Gasteiger charge is 2.44.